The number of rotatable bonds is 4. The average molecular weight is 297 g/mol. The fourth-order valence-corrected chi connectivity index (χ4v) is 2.57. The lowest BCUT2D eigenvalue weighted by Gasteiger charge is -2.14. The van der Waals surface area contributed by atoms with Gasteiger partial charge in [0, 0.05) is 11.1 Å². The van der Waals surface area contributed by atoms with Crippen LogP contribution in [0.3, 0.4) is 0 Å². The van der Waals surface area contributed by atoms with Crippen molar-refractivity contribution >= 4 is 11.6 Å². The van der Waals surface area contributed by atoms with Crippen LogP contribution in [0.5, 0.6) is 0 Å². The number of halogens is 1. The van der Waals surface area contributed by atoms with Crippen molar-refractivity contribution in [3.05, 3.63) is 65.5 Å². The molecule has 0 bridgehead atoms. The van der Waals surface area contributed by atoms with E-state index in [0.29, 0.717) is 12.5 Å². The molecule has 1 saturated carbocycles. The van der Waals surface area contributed by atoms with Gasteiger partial charge in [0.2, 0.25) is 0 Å². The molecule has 0 heterocycles. The molecule has 0 amide bonds. The van der Waals surface area contributed by atoms with Gasteiger partial charge >= 0.3 is 0 Å². The van der Waals surface area contributed by atoms with Crippen molar-refractivity contribution in [1.29, 1.82) is 0 Å². The summed E-state index contributed by atoms with van der Waals surface area (Å²) < 4.78 is 13.4. The lowest BCUT2D eigenvalue weighted by Crippen LogP contribution is -2.25. The van der Waals surface area contributed by atoms with E-state index in [4.69, 9.17) is 5.73 Å². The minimum Gasteiger partial charge on any atom is -0.370 e. The summed E-state index contributed by atoms with van der Waals surface area (Å²) in [6.45, 7) is 2.62. The van der Waals surface area contributed by atoms with Crippen LogP contribution in [-0.4, -0.2) is 12.5 Å². The number of aliphatic imine (C=N–C) groups is 1. The van der Waals surface area contributed by atoms with Crippen molar-refractivity contribution in [2.24, 2.45) is 10.7 Å². The number of anilines is 1. The molecule has 3 nitrogen and oxygen atoms in total. The molecule has 0 aliphatic heterocycles. The SMILES string of the molecule is Cc1ccc(NC(N)=NCC2(c3cccc(F)c3)CC2)cc1. The first-order chi connectivity index (χ1) is 10.6. The highest BCUT2D eigenvalue weighted by molar-refractivity contribution is 5.92. The summed E-state index contributed by atoms with van der Waals surface area (Å²) in [7, 11) is 0. The molecule has 0 saturated heterocycles. The minimum absolute atomic E-state index is 0.0400. The maximum absolute atomic E-state index is 13.4. The zero-order valence-electron chi connectivity index (χ0n) is 12.6. The van der Waals surface area contributed by atoms with Crippen LogP contribution in [-0.2, 0) is 5.41 Å². The molecule has 1 aliphatic rings. The Kier molecular flexibility index (Phi) is 3.84. The third-order valence-electron chi connectivity index (χ3n) is 4.17. The Hall–Kier alpha value is -2.36. The van der Waals surface area contributed by atoms with Crippen molar-refractivity contribution in [1.82, 2.24) is 0 Å². The largest absolute Gasteiger partial charge is 0.370 e. The van der Waals surface area contributed by atoms with Crippen LogP contribution in [0.1, 0.15) is 24.0 Å². The molecule has 0 unspecified atom stereocenters. The van der Waals surface area contributed by atoms with E-state index in [-0.39, 0.29) is 11.2 Å². The molecule has 114 valence electrons. The lowest BCUT2D eigenvalue weighted by atomic mass is 9.96. The van der Waals surface area contributed by atoms with Crippen LogP contribution < -0.4 is 11.1 Å². The Morgan fingerprint density at radius 1 is 1.23 bits per heavy atom. The fourth-order valence-electron chi connectivity index (χ4n) is 2.57. The van der Waals surface area contributed by atoms with Gasteiger partial charge in [0.15, 0.2) is 5.96 Å². The summed E-state index contributed by atoms with van der Waals surface area (Å²) >= 11 is 0. The van der Waals surface area contributed by atoms with Gasteiger partial charge in [-0.3, -0.25) is 4.99 Å². The number of nitrogens with two attached hydrogens (primary N) is 1. The Bertz CT molecular complexity index is 688. The summed E-state index contributed by atoms with van der Waals surface area (Å²) in [4.78, 5) is 4.44. The normalized spacial score (nSPS) is 16.4. The topological polar surface area (TPSA) is 50.4 Å². The van der Waals surface area contributed by atoms with Crippen LogP contribution in [0.15, 0.2) is 53.5 Å². The van der Waals surface area contributed by atoms with Crippen molar-refractivity contribution in [3.8, 4) is 0 Å². The van der Waals surface area contributed by atoms with E-state index in [0.717, 1.165) is 24.1 Å². The fraction of sp³-hybridized carbons (Fsp3) is 0.278. The number of guanidine groups is 1. The number of aryl methyl sites for hydroxylation is 1. The van der Waals surface area contributed by atoms with Gasteiger partial charge in [-0.05, 0) is 49.6 Å². The van der Waals surface area contributed by atoms with Gasteiger partial charge in [-0.1, -0.05) is 29.8 Å². The van der Waals surface area contributed by atoms with Crippen LogP contribution >= 0.6 is 0 Å². The maximum atomic E-state index is 13.4. The Morgan fingerprint density at radius 2 is 1.95 bits per heavy atom. The molecule has 2 aromatic rings. The average Bonchev–Trinajstić information content (AvgIpc) is 3.29. The first kappa shape index (κ1) is 14.6. The van der Waals surface area contributed by atoms with E-state index in [9.17, 15) is 4.39 Å². The molecular formula is C18H20FN3. The molecule has 1 aliphatic carbocycles. The van der Waals surface area contributed by atoms with E-state index in [1.54, 1.807) is 12.1 Å². The van der Waals surface area contributed by atoms with Crippen LogP contribution in [0.4, 0.5) is 10.1 Å². The first-order valence-corrected chi connectivity index (χ1v) is 7.47. The molecule has 3 N–H and O–H groups in total. The second-order valence-corrected chi connectivity index (χ2v) is 5.98. The number of hydrogen-bond donors (Lipinski definition) is 2. The zero-order valence-corrected chi connectivity index (χ0v) is 12.6. The number of hydrogen-bond acceptors (Lipinski definition) is 1. The van der Waals surface area contributed by atoms with E-state index in [1.807, 2.05) is 37.3 Å². The second kappa shape index (κ2) is 5.79. The summed E-state index contributed by atoms with van der Waals surface area (Å²) in [5, 5.41) is 3.09. The van der Waals surface area contributed by atoms with Gasteiger partial charge in [-0.25, -0.2) is 4.39 Å². The predicted octanol–water partition coefficient (Wildman–Crippen LogP) is 3.59. The molecule has 4 heteroatoms. The smallest absolute Gasteiger partial charge is 0.193 e. The molecule has 22 heavy (non-hydrogen) atoms. The number of nitrogens with zero attached hydrogens (tertiary/aromatic N) is 1. The Morgan fingerprint density at radius 3 is 2.59 bits per heavy atom. The molecule has 1 fully saturated rings. The van der Waals surface area contributed by atoms with Gasteiger partial charge in [-0.15, -0.1) is 0 Å². The standard InChI is InChI=1S/C18H20FN3/c1-13-5-7-16(8-6-13)22-17(20)21-12-18(9-10-18)14-3-2-4-15(19)11-14/h2-8,11H,9-10,12H2,1H3,(H3,20,21,22). The van der Waals surface area contributed by atoms with Crippen LogP contribution in [0, 0.1) is 12.7 Å². The highest BCUT2D eigenvalue weighted by Crippen LogP contribution is 2.48. The number of nitrogens with one attached hydrogen (secondary N) is 1. The van der Waals surface area contributed by atoms with E-state index < -0.39 is 0 Å². The summed E-state index contributed by atoms with van der Waals surface area (Å²) in [5.74, 6) is 0.199. The third kappa shape index (κ3) is 3.27. The van der Waals surface area contributed by atoms with E-state index >= 15 is 0 Å². The van der Waals surface area contributed by atoms with Crippen LogP contribution in [0.2, 0.25) is 0 Å². The van der Waals surface area contributed by atoms with Gasteiger partial charge < -0.3 is 11.1 Å². The van der Waals surface area contributed by atoms with Gasteiger partial charge in [0.1, 0.15) is 5.82 Å². The highest BCUT2D eigenvalue weighted by Gasteiger charge is 2.44. The molecule has 3 rings (SSSR count). The summed E-state index contributed by atoms with van der Waals surface area (Å²) in [6.07, 6.45) is 2.05. The van der Waals surface area contributed by atoms with Gasteiger partial charge in [-0.2, -0.15) is 0 Å². The van der Waals surface area contributed by atoms with Crippen molar-refractivity contribution in [3.63, 3.8) is 0 Å². The van der Waals surface area contributed by atoms with Crippen molar-refractivity contribution in [2.45, 2.75) is 25.2 Å². The third-order valence-corrected chi connectivity index (χ3v) is 4.17. The molecule has 0 aromatic heterocycles. The monoisotopic (exact) mass is 297 g/mol. The maximum Gasteiger partial charge on any atom is 0.193 e. The van der Waals surface area contributed by atoms with E-state index in [1.165, 1.54) is 11.6 Å². The van der Waals surface area contributed by atoms with Crippen LogP contribution in [0.25, 0.3) is 0 Å². The van der Waals surface area contributed by atoms with Gasteiger partial charge in [0.05, 0.1) is 6.54 Å². The highest BCUT2D eigenvalue weighted by atomic mass is 19.1. The molecule has 0 spiro atoms. The molecule has 0 atom stereocenters. The number of benzene rings is 2. The zero-order chi connectivity index (χ0) is 15.6. The van der Waals surface area contributed by atoms with Crippen molar-refractivity contribution < 1.29 is 4.39 Å². The first-order valence-electron chi connectivity index (χ1n) is 7.47. The van der Waals surface area contributed by atoms with Gasteiger partial charge in [0.25, 0.3) is 0 Å². The molecule has 0 radical (unpaired) electrons. The summed E-state index contributed by atoms with van der Waals surface area (Å²) in [6, 6.07) is 14.8. The van der Waals surface area contributed by atoms with Crippen molar-refractivity contribution in [2.75, 3.05) is 11.9 Å². The molecular weight excluding hydrogens is 277 g/mol. The minimum atomic E-state index is -0.196. The van der Waals surface area contributed by atoms with E-state index in [2.05, 4.69) is 10.3 Å². The molecule has 2 aromatic carbocycles. The predicted molar refractivity (Wildman–Crippen MR) is 88.6 cm³/mol. The lowest BCUT2D eigenvalue weighted by molar-refractivity contribution is 0.616. The Balaban J connectivity index is 1.66. The Labute approximate surface area is 130 Å². The quantitative estimate of drug-likeness (QED) is 0.669. The summed E-state index contributed by atoms with van der Waals surface area (Å²) in [5.41, 5.74) is 9.04. The second-order valence-electron chi connectivity index (χ2n) is 5.98.